The molecule has 0 aromatic carbocycles. The van der Waals surface area contributed by atoms with Crippen LogP contribution in [0.5, 0.6) is 0 Å². The van der Waals surface area contributed by atoms with E-state index in [0.717, 1.165) is 13.0 Å². The van der Waals surface area contributed by atoms with Crippen LogP contribution in [0.4, 0.5) is 5.69 Å². The molecule has 0 aliphatic carbocycles. The maximum Gasteiger partial charge on any atom is 0.0797 e. The van der Waals surface area contributed by atoms with Gasteiger partial charge in [0.1, 0.15) is 0 Å². The Balaban J connectivity index is 1.81. The molecule has 0 aliphatic heterocycles. The zero-order chi connectivity index (χ0) is 9.80. The number of aryl methyl sites for hydroxylation is 1. The maximum absolute atomic E-state index is 4.23. The first-order chi connectivity index (χ1) is 6.86. The first kappa shape index (κ1) is 9.68. The largest absolute Gasteiger partial charge is 0.384 e. The van der Waals surface area contributed by atoms with Gasteiger partial charge in [-0.05, 0) is 18.4 Å². The molecule has 0 saturated heterocycles. The zero-order valence-electron chi connectivity index (χ0n) is 7.99. The van der Waals surface area contributed by atoms with Gasteiger partial charge in [-0.3, -0.25) is 0 Å². The van der Waals surface area contributed by atoms with Crippen LogP contribution in [0.25, 0.3) is 0 Å². The van der Waals surface area contributed by atoms with E-state index in [9.17, 15) is 0 Å². The van der Waals surface area contributed by atoms with E-state index in [1.807, 2.05) is 5.51 Å². The number of hydrogen-bond acceptors (Lipinski definition) is 4. The molecule has 0 bridgehead atoms. The number of thiazole rings is 1. The smallest absolute Gasteiger partial charge is 0.0797 e. The van der Waals surface area contributed by atoms with Crippen LogP contribution in [0.15, 0.2) is 22.3 Å². The summed E-state index contributed by atoms with van der Waals surface area (Å²) in [5.41, 5.74) is 4.30. The third kappa shape index (κ3) is 2.33. The van der Waals surface area contributed by atoms with Gasteiger partial charge >= 0.3 is 0 Å². The molecule has 1 N–H and O–H groups in total. The monoisotopic (exact) mass is 224 g/mol. The lowest BCUT2D eigenvalue weighted by Gasteiger charge is -2.02. The van der Waals surface area contributed by atoms with Crippen LogP contribution in [0, 0.1) is 6.92 Å². The molecule has 2 aromatic rings. The molecule has 74 valence electrons. The van der Waals surface area contributed by atoms with Crippen LogP contribution < -0.4 is 5.32 Å². The highest BCUT2D eigenvalue weighted by Crippen LogP contribution is 2.14. The number of aromatic nitrogens is 1. The molecule has 14 heavy (non-hydrogen) atoms. The Morgan fingerprint density at radius 2 is 2.43 bits per heavy atom. The van der Waals surface area contributed by atoms with E-state index in [1.54, 1.807) is 22.7 Å². The lowest BCUT2D eigenvalue weighted by atomic mass is 10.3. The Morgan fingerprint density at radius 3 is 3.07 bits per heavy atom. The SMILES string of the molecule is Cc1ncsc1CCNc1ccsc1. The second-order valence-electron chi connectivity index (χ2n) is 3.05. The summed E-state index contributed by atoms with van der Waals surface area (Å²) in [5, 5.41) is 7.59. The summed E-state index contributed by atoms with van der Waals surface area (Å²) in [6.45, 7) is 3.05. The summed E-state index contributed by atoms with van der Waals surface area (Å²) in [6.07, 6.45) is 1.06. The van der Waals surface area contributed by atoms with Gasteiger partial charge in [-0.15, -0.1) is 11.3 Å². The molecule has 2 rings (SSSR count). The molecule has 0 radical (unpaired) electrons. The molecule has 2 nitrogen and oxygen atoms in total. The number of anilines is 1. The topological polar surface area (TPSA) is 24.9 Å². The van der Waals surface area contributed by atoms with Crippen molar-refractivity contribution < 1.29 is 0 Å². The highest BCUT2D eigenvalue weighted by atomic mass is 32.1. The molecular formula is C10H12N2S2. The van der Waals surface area contributed by atoms with Crippen LogP contribution in [0.2, 0.25) is 0 Å². The number of nitrogens with zero attached hydrogens (tertiary/aromatic N) is 1. The Morgan fingerprint density at radius 1 is 1.50 bits per heavy atom. The van der Waals surface area contributed by atoms with Gasteiger partial charge in [0.2, 0.25) is 0 Å². The molecule has 0 amide bonds. The van der Waals surface area contributed by atoms with Crippen molar-refractivity contribution in [3.05, 3.63) is 32.9 Å². The van der Waals surface area contributed by atoms with E-state index < -0.39 is 0 Å². The predicted octanol–water partition coefficient (Wildman–Crippen LogP) is 3.17. The average molecular weight is 224 g/mol. The minimum absolute atomic E-state index is 0.986. The van der Waals surface area contributed by atoms with Crippen molar-refractivity contribution in [2.24, 2.45) is 0 Å². The summed E-state index contributed by atoms with van der Waals surface area (Å²) in [5.74, 6) is 0. The molecule has 2 heterocycles. The van der Waals surface area contributed by atoms with Crippen LogP contribution in [0.3, 0.4) is 0 Å². The van der Waals surface area contributed by atoms with Gasteiger partial charge in [-0.2, -0.15) is 11.3 Å². The molecule has 0 atom stereocenters. The minimum Gasteiger partial charge on any atom is -0.384 e. The van der Waals surface area contributed by atoms with Gasteiger partial charge in [0.05, 0.1) is 11.2 Å². The summed E-state index contributed by atoms with van der Waals surface area (Å²) in [7, 11) is 0. The van der Waals surface area contributed by atoms with Crippen molar-refractivity contribution >= 4 is 28.4 Å². The summed E-state index contributed by atoms with van der Waals surface area (Å²) >= 11 is 3.46. The standard InChI is InChI=1S/C10H12N2S2/c1-8-10(14-7-12-8)2-4-11-9-3-5-13-6-9/h3,5-7,11H,2,4H2,1H3. The number of hydrogen-bond donors (Lipinski definition) is 1. The van der Waals surface area contributed by atoms with Crippen molar-refractivity contribution in [2.75, 3.05) is 11.9 Å². The van der Waals surface area contributed by atoms with E-state index in [2.05, 4.69) is 34.1 Å². The third-order valence-electron chi connectivity index (χ3n) is 2.05. The third-order valence-corrected chi connectivity index (χ3v) is 3.73. The molecule has 0 aliphatic rings. The Kier molecular flexibility index (Phi) is 3.16. The van der Waals surface area contributed by atoms with Crippen molar-refractivity contribution in [3.8, 4) is 0 Å². The van der Waals surface area contributed by atoms with Gasteiger partial charge < -0.3 is 5.32 Å². The van der Waals surface area contributed by atoms with Crippen LogP contribution >= 0.6 is 22.7 Å². The second kappa shape index (κ2) is 4.57. The van der Waals surface area contributed by atoms with Crippen LogP contribution in [-0.2, 0) is 6.42 Å². The van der Waals surface area contributed by atoms with Gasteiger partial charge in [0.15, 0.2) is 0 Å². The van der Waals surface area contributed by atoms with Crippen molar-refractivity contribution in [2.45, 2.75) is 13.3 Å². The summed E-state index contributed by atoms with van der Waals surface area (Å²) in [6, 6.07) is 2.10. The van der Waals surface area contributed by atoms with E-state index in [4.69, 9.17) is 0 Å². The molecule has 0 saturated carbocycles. The highest BCUT2D eigenvalue weighted by molar-refractivity contribution is 7.09. The van der Waals surface area contributed by atoms with Gasteiger partial charge in [-0.25, -0.2) is 4.98 Å². The molecule has 0 unspecified atom stereocenters. The molecule has 4 heteroatoms. The van der Waals surface area contributed by atoms with Gasteiger partial charge in [0.25, 0.3) is 0 Å². The lowest BCUT2D eigenvalue weighted by molar-refractivity contribution is 1.02. The fourth-order valence-corrected chi connectivity index (χ4v) is 2.65. The van der Waals surface area contributed by atoms with Crippen LogP contribution in [0.1, 0.15) is 10.6 Å². The number of nitrogens with one attached hydrogen (secondary N) is 1. The van der Waals surface area contributed by atoms with Crippen molar-refractivity contribution in [3.63, 3.8) is 0 Å². The fourth-order valence-electron chi connectivity index (χ4n) is 1.25. The first-order valence-electron chi connectivity index (χ1n) is 4.51. The minimum atomic E-state index is 0.986. The average Bonchev–Trinajstić information content (AvgIpc) is 2.78. The Bertz CT molecular complexity index is 378. The lowest BCUT2D eigenvalue weighted by Crippen LogP contribution is -2.03. The number of rotatable bonds is 4. The molecule has 0 fully saturated rings. The van der Waals surface area contributed by atoms with E-state index >= 15 is 0 Å². The van der Waals surface area contributed by atoms with Gasteiger partial charge in [0, 0.05) is 28.9 Å². The summed E-state index contributed by atoms with van der Waals surface area (Å²) < 4.78 is 0. The van der Waals surface area contributed by atoms with E-state index in [1.165, 1.54) is 16.3 Å². The first-order valence-corrected chi connectivity index (χ1v) is 6.33. The Hall–Kier alpha value is -0.870. The van der Waals surface area contributed by atoms with E-state index in [-0.39, 0.29) is 0 Å². The van der Waals surface area contributed by atoms with Crippen molar-refractivity contribution in [1.29, 1.82) is 0 Å². The predicted molar refractivity (Wildman–Crippen MR) is 63.4 cm³/mol. The van der Waals surface area contributed by atoms with E-state index in [0.29, 0.717) is 0 Å². The normalized spacial score (nSPS) is 10.4. The Labute approximate surface area is 91.6 Å². The molecular weight excluding hydrogens is 212 g/mol. The fraction of sp³-hybridized carbons (Fsp3) is 0.300. The maximum atomic E-state index is 4.23. The second-order valence-corrected chi connectivity index (χ2v) is 4.77. The quantitative estimate of drug-likeness (QED) is 0.863. The van der Waals surface area contributed by atoms with Crippen molar-refractivity contribution in [1.82, 2.24) is 4.98 Å². The zero-order valence-corrected chi connectivity index (χ0v) is 9.62. The molecule has 2 aromatic heterocycles. The molecule has 0 spiro atoms. The summed E-state index contributed by atoms with van der Waals surface area (Å²) in [4.78, 5) is 5.61. The number of thiophene rings is 1. The van der Waals surface area contributed by atoms with Crippen LogP contribution in [-0.4, -0.2) is 11.5 Å². The highest BCUT2D eigenvalue weighted by Gasteiger charge is 2.00. The van der Waals surface area contributed by atoms with Gasteiger partial charge in [-0.1, -0.05) is 0 Å².